The highest BCUT2D eigenvalue weighted by Gasteiger charge is 2.16. The SMILES string of the molecule is NC1=NC(Cc2cccc(F)c2)CO1. The van der Waals surface area contributed by atoms with Crippen molar-refractivity contribution in [3.8, 4) is 0 Å². The van der Waals surface area contributed by atoms with E-state index in [1.165, 1.54) is 12.1 Å². The van der Waals surface area contributed by atoms with Crippen molar-refractivity contribution in [3.05, 3.63) is 35.6 Å². The number of nitrogens with zero attached hydrogens (tertiary/aromatic N) is 1. The van der Waals surface area contributed by atoms with Gasteiger partial charge in [0.15, 0.2) is 0 Å². The van der Waals surface area contributed by atoms with Gasteiger partial charge in [0.2, 0.25) is 0 Å². The molecule has 0 saturated carbocycles. The summed E-state index contributed by atoms with van der Waals surface area (Å²) < 4.78 is 17.8. The second kappa shape index (κ2) is 3.65. The Balaban J connectivity index is 2.04. The minimum atomic E-state index is -0.224. The fourth-order valence-electron chi connectivity index (χ4n) is 1.48. The van der Waals surface area contributed by atoms with E-state index in [9.17, 15) is 4.39 Å². The molecule has 0 saturated heterocycles. The molecule has 1 aromatic carbocycles. The van der Waals surface area contributed by atoms with E-state index in [0.29, 0.717) is 13.0 Å². The van der Waals surface area contributed by atoms with Gasteiger partial charge in [-0.25, -0.2) is 9.38 Å². The summed E-state index contributed by atoms with van der Waals surface area (Å²) in [6, 6.07) is 6.74. The predicted octanol–water partition coefficient (Wildman–Crippen LogP) is 1.08. The summed E-state index contributed by atoms with van der Waals surface area (Å²) in [5, 5.41) is 0. The number of benzene rings is 1. The second-order valence-electron chi connectivity index (χ2n) is 3.27. The van der Waals surface area contributed by atoms with Gasteiger partial charge in [-0.15, -0.1) is 0 Å². The molecule has 1 aliphatic heterocycles. The van der Waals surface area contributed by atoms with Crippen LogP contribution in [0.25, 0.3) is 0 Å². The largest absolute Gasteiger partial charge is 0.463 e. The number of halogens is 1. The molecule has 0 spiro atoms. The van der Waals surface area contributed by atoms with E-state index in [2.05, 4.69) is 4.99 Å². The molecular formula is C10H11FN2O. The van der Waals surface area contributed by atoms with Crippen LogP contribution in [0, 0.1) is 5.82 Å². The number of amidine groups is 1. The third-order valence-corrected chi connectivity index (χ3v) is 2.09. The van der Waals surface area contributed by atoms with Gasteiger partial charge in [-0.2, -0.15) is 0 Å². The Hall–Kier alpha value is -1.58. The Morgan fingerprint density at radius 2 is 2.43 bits per heavy atom. The Labute approximate surface area is 81.4 Å². The van der Waals surface area contributed by atoms with Crippen LogP contribution in [0.4, 0.5) is 4.39 Å². The summed E-state index contributed by atoms with van der Waals surface area (Å²) >= 11 is 0. The van der Waals surface area contributed by atoms with Crippen LogP contribution in [0.5, 0.6) is 0 Å². The number of hydrogen-bond donors (Lipinski definition) is 1. The van der Waals surface area contributed by atoms with E-state index in [4.69, 9.17) is 10.5 Å². The van der Waals surface area contributed by atoms with Crippen molar-refractivity contribution in [2.45, 2.75) is 12.5 Å². The van der Waals surface area contributed by atoms with E-state index in [1.54, 1.807) is 6.07 Å². The maximum absolute atomic E-state index is 12.8. The van der Waals surface area contributed by atoms with Crippen molar-refractivity contribution in [2.24, 2.45) is 10.7 Å². The van der Waals surface area contributed by atoms with Crippen molar-refractivity contribution < 1.29 is 9.13 Å². The smallest absolute Gasteiger partial charge is 0.282 e. The van der Waals surface area contributed by atoms with Gasteiger partial charge in [0.05, 0.1) is 6.04 Å². The Kier molecular flexibility index (Phi) is 2.35. The maximum atomic E-state index is 12.8. The van der Waals surface area contributed by atoms with Gasteiger partial charge in [0.25, 0.3) is 6.02 Å². The Morgan fingerprint density at radius 3 is 3.07 bits per heavy atom. The molecule has 1 aromatic rings. The van der Waals surface area contributed by atoms with Crippen molar-refractivity contribution in [2.75, 3.05) is 6.61 Å². The molecule has 2 rings (SSSR count). The summed E-state index contributed by atoms with van der Waals surface area (Å²) in [4.78, 5) is 4.06. The Morgan fingerprint density at radius 1 is 1.57 bits per heavy atom. The van der Waals surface area contributed by atoms with Gasteiger partial charge in [0.1, 0.15) is 12.4 Å². The molecule has 1 heterocycles. The summed E-state index contributed by atoms with van der Waals surface area (Å²) in [6.45, 7) is 0.488. The standard InChI is InChI=1S/C10H11FN2O/c11-8-3-1-2-7(4-8)5-9-6-14-10(12)13-9/h1-4,9H,5-6H2,(H2,12,13). The van der Waals surface area contributed by atoms with Crippen molar-refractivity contribution in [1.82, 2.24) is 0 Å². The van der Waals surface area contributed by atoms with Crippen LogP contribution in [-0.2, 0) is 11.2 Å². The monoisotopic (exact) mass is 194 g/mol. The van der Waals surface area contributed by atoms with Gasteiger partial charge >= 0.3 is 0 Å². The summed E-state index contributed by atoms with van der Waals surface area (Å²) in [5.74, 6) is -0.224. The normalized spacial score (nSPS) is 20.4. The van der Waals surface area contributed by atoms with Gasteiger partial charge in [0, 0.05) is 0 Å². The molecule has 2 N–H and O–H groups in total. The lowest BCUT2D eigenvalue weighted by Crippen LogP contribution is -2.11. The number of rotatable bonds is 2. The fraction of sp³-hybridized carbons (Fsp3) is 0.300. The van der Waals surface area contributed by atoms with Gasteiger partial charge in [-0.3, -0.25) is 0 Å². The lowest BCUT2D eigenvalue weighted by atomic mass is 10.1. The molecular weight excluding hydrogens is 183 g/mol. The zero-order valence-electron chi connectivity index (χ0n) is 7.61. The maximum Gasteiger partial charge on any atom is 0.282 e. The first-order chi connectivity index (χ1) is 6.74. The lowest BCUT2D eigenvalue weighted by molar-refractivity contribution is 0.312. The lowest BCUT2D eigenvalue weighted by Gasteiger charge is -2.04. The zero-order valence-corrected chi connectivity index (χ0v) is 7.61. The topological polar surface area (TPSA) is 47.6 Å². The molecule has 74 valence electrons. The summed E-state index contributed by atoms with van der Waals surface area (Å²) in [5.41, 5.74) is 6.28. The van der Waals surface area contributed by atoms with Gasteiger partial charge in [-0.1, -0.05) is 12.1 Å². The number of hydrogen-bond acceptors (Lipinski definition) is 3. The molecule has 1 atom stereocenters. The van der Waals surface area contributed by atoms with E-state index >= 15 is 0 Å². The highest BCUT2D eigenvalue weighted by atomic mass is 19.1. The highest BCUT2D eigenvalue weighted by molar-refractivity contribution is 5.73. The van der Waals surface area contributed by atoms with Crippen molar-refractivity contribution in [1.29, 1.82) is 0 Å². The van der Waals surface area contributed by atoms with Crippen molar-refractivity contribution in [3.63, 3.8) is 0 Å². The predicted molar refractivity (Wildman–Crippen MR) is 51.5 cm³/mol. The number of aliphatic imine (C=N–C) groups is 1. The van der Waals surface area contributed by atoms with Crippen LogP contribution < -0.4 is 5.73 Å². The van der Waals surface area contributed by atoms with Gasteiger partial charge in [-0.05, 0) is 24.1 Å². The first-order valence-electron chi connectivity index (χ1n) is 4.44. The van der Waals surface area contributed by atoms with Crippen LogP contribution in [0.15, 0.2) is 29.3 Å². The average Bonchev–Trinajstić information content (AvgIpc) is 2.51. The molecule has 0 fully saturated rings. The first kappa shape index (κ1) is 8.99. The highest BCUT2D eigenvalue weighted by Crippen LogP contribution is 2.11. The third-order valence-electron chi connectivity index (χ3n) is 2.09. The molecule has 0 aliphatic carbocycles. The van der Waals surface area contributed by atoms with Crippen LogP contribution in [-0.4, -0.2) is 18.7 Å². The quantitative estimate of drug-likeness (QED) is 0.765. The number of nitrogens with two attached hydrogens (primary N) is 1. The molecule has 0 bridgehead atoms. The summed E-state index contributed by atoms with van der Waals surface area (Å²) in [6.07, 6.45) is 0.665. The molecule has 0 amide bonds. The molecule has 0 radical (unpaired) electrons. The van der Waals surface area contributed by atoms with E-state index in [0.717, 1.165) is 5.56 Å². The van der Waals surface area contributed by atoms with Gasteiger partial charge < -0.3 is 10.5 Å². The minimum absolute atomic E-state index is 0.0248. The van der Waals surface area contributed by atoms with E-state index in [1.807, 2.05) is 6.07 Å². The van der Waals surface area contributed by atoms with E-state index in [-0.39, 0.29) is 17.9 Å². The zero-order chi connectivity index (χ0) is 9.97. The molecule has 4 heteroatoms. The molecule has 0 aromatic heterocycles. The van der Waals surface area contributed by atoms with Crippen molar-refractivity contribution >= 4 is 6.02 Å². The van der Waals surface area contributed by atoms with Crippen LogP contribution in [0.1, 0.15) is 5.56 Å². The second-order valence-corrected chi connectivity index (χ2v) is 3.27. The van der Waals surface area contributed by atoms with Crippen LogP contribution in [0.2, 0.25) is 0 Å². The fourth-order valence-corrected chi connectivity index (χ4v) is 1.48. The third kappa shape index (κ3) is 2.02. The molecule has 1 aliphatic rings. The van der Waals surface area contributed by atoms with E-state index < -0.39 is 0 Å². The first-order valence-corrected chi connectivity index (χ1v) is 4.44. The van der Waals surface area contributed by atoms with Crippen LogP contribution in [0.3, 0.4) is 0 Å². The summed E-state index contributed by atoms with van der Waals surface area (Å²) in [7, 11) is 0. The number of ether oxygens (including phenoxy) is 1. The molecule has 14 heavy (non-hydrogen) atoms. The average molecular weight is 194 g/mol. The molecule has 1 unspecified atom stereocenters. The minimum Gasteiger partial charge on any atom is -0.463 e. The molecule has 3 nitrogen and oxygen atoms in total. The Bertz CT molecular complexity index is 365. The van der Waals surface area contributed by atoms with Crippen LogP contribution >= 0.6 is 0 Å².